The number of fused-ring (bicyclic) bond motifs is 1. The number of thiazole rings is 1. The normalized spacial score (nSPS) is 17.5. The first-order valence-electron chi connectivity index (χ1n) is 9.53. The summed E-state index contributed by atoms with van der Waals surface area (Å²) in [5.41, 5.74) is 1.35. The molecule has 1 fully saturated rings. The highest BCUT2D eigenvalue weighted by Crippen LogP contribution is 2.28. The summed E-state index contributed by atoms with van der Waals surface area (Å²) in [7, 11) is -3.81. The van der Waals surface area contributed by atoms with Crippen molar-refractivity contribution >= 4 is 54.8 Å². The van der Waals surface area contributed by atoms with Crippen LogP contribution in [0.5, 0.6) is 0 Å². The number of aromatic nitrogens is 1. The summed E-state index contributed by atoms with van der Waals surface area (Å²) in [4.78, 5) is 25.0. The molecule has 0 bridgehead atoms. The van der Waals surface area contributed by atoms with Crippen molar-refractivity contribution in [3.63, 3.8) is 0 Å². The molecule has 0 spiro atoms. The molecule has 0 unspecified atom stereocenters. The van der Waals surface area contributed by atoms with Crippen LogP contribution in [0.4, 0.5) is 5.69 Å². The minimum absolute atomic E-state index is 0.0491. The number of amides is 1. The molecule has 158 valence electrons. The van der Waals surface area contributed by atoms with E-state index in [1.807, 2.05) is 6.92 Å². The van der Waals surface area contributed by atoms with Gasteiger partial charge in [0.25, 0.3) is 0 Å². The number of carbonyl (C=O) groups excluding carboxylic acids is 1. The Labute approximate surface area is 182 Å². The summed E-state index contributed by atoms with van der Waals surface area (Å²) < 4.78 is 29.7. The minimum Gasteiger partial charge on any atom is -0.325 e. The number of benzene rings is 2. The van der Waals surface area contributed by atoms with E-state index in [0.717, 1.165) is 21.6 Å². The Hall–Kier alpha value is -2.20. The monoisotopic (exact) mass is 465 g/mol. The Kier molecular flexibility index (Phi) is 5.71. The van der Waals surface area contributed by atoms with Gasteiger partial charge >= 0.3 is 4.87 Å². The van der Waals surface area contributed by atoms with Crippen LogP contribution in [0.2, 0.25) is 5.02 Å². The smallest absolute Gasteiger partial charge is 0.308 e. The molecule has 2 aromatic carbocycles. The summed E-state index contributed by atoms with van der Waals surface area (Å²) in [5.74, 6) is -0.383. The lowest BCUT2D eigenvalue weighted by Crippen LogP contribution is -2.43. The third-order valence-corrected chi connectivity index (χ3v) is 8.29. The summed E-state index contributed by atoms with van der Waals surface area (Å²) in [6, 6.07) is 10.4. The first-order chi connectivity index (χ1) is 14.3. The van der Waals surface area contributed by atoms with E-state index < -0.39 is 16.1 Å². The van der Waals surface area contributed by atoms with E-state index in [-0.39, 0.29) is 22.2 Å². The van der Waals surface area contributed by atoms with E-state index in [1.165, 1.54) is 28.6 Å². The van der Waals surface area contributed by atoms with E-state index in [4.69, 9.17) is 11.6 Å². The minimum atomic E-state index is -3.81. The van der Waals surface area contributed by atoms with E-state index in [2.05, 4.69) is 5.32 Å². The zero-order chi connectivity index (χ0) is 21.5. The molecule has 10 heteroatoms. The number of anilines is 1. The van der Waals surface area contributed by atoms with Gasteiger partial charge in [-0.2, -0.15) is 4.31 Å². The van der Waals surface area contributed by atoms with Gasteiger partial charge in [0.1, 0.15) is 6.04 Å². The van der Waals surface area contributed by atoms with E-state index in [9.17, 15) is 18.0 Å². The molecule has 1 aliphatic heterocycles. The fourth-order valence-corrected chi connectivity index (χ4v) is 6.48. The van der Waals surface area contributed by atoms with Crippen LogP contribution in [0.15, 0.2) is 52.2 Å². The Morgan fingerprint density at radius 3 is 2.67 bits per heavy atom. The molecule has 1 aliphatic rings. The molecule has 7 nitrogen and oxygen atoms in total. The van der Waals surface area contributed by atoms with Gasteiger partial charge in [0.15, 0.2) is 0 Å². The maximum atomic E-state index is 13.0. The van der Waals surface area contributed by atoms with Gasteiger partial charge in [-0.25, -0.2) is 8.42 Å². The lowest BCUT2D eigenvalue weighted by molar-refractivity contribution is -0.119. The molecule has 1 saturated heterocycles. The van der Waals surface area contributed by atoms with Crippen molar-refractivity contribution in [1.82, 2.24) is 8.87 Å². The van der Waals surface area contributed by atoms with E-state index >= 15 is 0 Å². The van der Waals surface area contributed by atoms with Crippen LogP contribution in [0, 0.1) is 0 Å². The predicted octanol–water partition coefficient (Wildman–Crippen LogP) is 3.53. The summed E-state index contributed by atoms with van der Waals surface area (Å²) in [5, 5.41) is 3.26. The number of nitrogens with one attached hydrogen (secondary N) is 1. The van der Waals surface area contributed by atoms with Crippen LogP contribution in [0.25, 0.3) is 10.2 Å². The second kappa shape index (κ2) is 8.14. The molecule has 0 saturated carbocycles. The molecular weight excluding hydrogens is 446 g/mol. The fourth-order valence-electron chi connectivity index (χ4n) is 3.70. The van der Waals surface area contributed by atoms with Crippen molar-refractivity contribution in [2.45, 2.75) is 37.2 Å². The Morgan fingerprint density at radius 1 is 1.23 bits per heavy atom. The Balaban J connectivity index is 1.57. The quantitative estimate of drug-likeness (QED) is 0.624. The first kappa shape index (κ1) is 21.0. The number of hydrogen-bond donors (Lipinski definition) is 1. The maximum Gasteiger partial charge on any atom is 0.308 e. The summed E-state index contributed by atoms with van der Waals surface area (Å²) >= 11 is 6.98. The standard InChI is InChI=1S/C20H20ClN3O4S2/c1-2-23-16-10-7-14(12-18(16)29-20(23)26)22-19(25)17-4-3-11-24(17)30(27,28)15-8-5-13(21)6-9-15/h5-10,12,17H,2-4,11H2,1H3,(H,22,25)/t17-/m0/s1. The Morgan fingerprint density at radius 2 is 1.97 bits per heavy atom. The van der Waals surface area contributed by atoms with Crippen molar-refractivity contribution in [2.24, 2.45) is 0 Å². The van der Waals surface area contributed by atoms with Gasteiger partial charge in [-0.05, 0) is 62.2 Å². The maximum absolute atomic E-state index is 13.0. The fraction of sp³-hybridized carbons (Fsp3) is 0.300. The predicted molar refractivity (Wildman–Crippen MR) is 119 cm³/mol. The first-order valence-corrected chi connectivity index (χ1v) is 12.2. The third-order valence-electron chi connectivity index (χ3n) is 5.18. The third kappa shape index (κ3) is 3.78. The molecule has 4 rings (SSSR count). The van der Waals surface area contributed by atoms with Crippen molar-refractivity contribution < 1.29 is 13.2 Å². The van der Waals surface area contributed by atoms with Gasteiger partial charge in [-0.3, -0.25) is 14.2 Å². The van der Waals surface area contributed by atoms with Gasteiger partial charge in [-0.15, -0.1) is 0 Å². The van der Waals surface area contributed by atoms with Gasteiger partial charge < -0.3 is 5.32 Å². The second-order valence-corrected chi connectivity index (χ2v) is 10.3. The zero-order valence-electron chi connectivity index (χ0n) is 16.2. The number of rotatable bonds is 5. The van der Waals surface area contributed by atoms with Crippen molar-refractivity contribution in [3.05, 3.63) is 57.2 Å². The number of halogens is 1. The van der Waals surface area contributed by atoms with Crippen LogP contribution in [0.1, 0.15) is 19.8 Å². The number of nitrogens with zero attached hydrogens (tertiary/aromatic N) is 2. The van der Waals surface area contributed by atoms with E-state index in [0.29, 0.717) is 30.1 Å². The van der Waals surface area contributed by atoms with Crippen molar-refractivity contribution in [1.29, 1.82) is 0 Å². The van der Waals surface area contributed by atoms with Crippen LogP contribution in [-0.4, -0.2) is 35.8 Å². The summed E-state index contributed by atoms with van der Waals surface area (Å²) in [6.45, 7) is 2.76. The highest BCUT2D eigenvalue weighted by Gasteiger charge is 2.39. The molecular formula is C20H20ClN3O4S2. The average Bonchev–Trinajstić information content (AvgIpc) is 3.32. The number of hydrogen-bond acceptors (Lipinski definition) is 5. The Bertz CT molecular complexity index is 1270. The highest BCUT2D eigenvalue weighted by atomic mass is 35.5. The van der Waals surface area contributed by atoms with Crippen LogP contribution < -0.4 is 10.2 Å². The number of sulfonamides is 1. The van der Waals surface area contributed by atoms with Crippen LogP contribution in [-0.2, 0) is 21.4 Å². The summed E-state index contributed by atoms with van der Waals surface area (Å²) in [6.07, 6.45) is 1.05. The SMILES string of the molecule is CCn1c(=O)sc2cc(NC(=O)[C@@H]3CCCN3S(=O)(=O)c3ccc(Cl)cc3)ccc21. The molecule has 3 aromatic rings. The molecule has 30 heavy (non-hydrogen) atoms. The molecule has 1 aromatic heterocycles. The van der Waals surface area contributed by atoms with Crippen LogP contribution >= 0.6 is 22.9 Å². The lowest BCUT2D eigenvalue weighted by Gasteiger charge is -2.23. The number of carbonyl (C=O) groups is 1. The van der Waals surface area contributed by atoms with Crippen molar-refractivity contribution in [3.8, 4) is 0 Å². The molecule has 0 radical (unpaired) electrons. The largest absolute Gasteiger partial charge is 0.325 e. The second-order valence-electron chi connectivity index (χ2n) is 7.01. The van der Waals surface area contributed by atoms with Gasteiger partial charge in [0.2, 0.25) is 15.9 Å². The highest BCUT2D eigenvalue weighted by molar-refractivity contribution is 7.89. The van der Waals surface area contributed by atoms with E-state index in [1.54, 1.807) is 22.8 Å². The zero-order valence-corrected chi connectivity index (χ0v) is 18.6. The van der Waals surface area contributed by atoms with Gasteiger partial charge in [-0.1, -0.05) is 22.9 Å². The number of aryl methyl sites for hydroxylation is 1. The molecule has 1 N–H and O–H groups in total. The van der Waals surface area contributed by atoms with Gasteiger partial charge in [0.05, 0.1) is 15.1 Å². The van der Waals surface area contributed by atoms with Crippen molar-refractivity contribution in [2.75, 3.05) is 11.9 Å². The average molecular weight is 466 g/mol. The molecule has 1 amide bonds. The van der Waals surface area contributed by atoms with Gasteiger partial charge in [0, 0.05) is 23.8 Å². The van der Waals surface area contributed by atoms with Crippen LogP contribution in [0.3, 0.4) is 0 Å². The topological polar surface area (TPSA) is 88.5 Å². The lowest BCUT2D eigenvalue weighted by atomic mass is 10.2. The molecule has 2 heterocycles. The molecule has 1 atom stereocenters. The molecule has 0 aliphatic carbocycles.